The van der Waals surface area contributed by atoms with Gasteiger partial charge in [-0.3, -0.25) is 4.90 Å². The Morgan fingerprint density at radius 1 is 1.62 bits per heavy atom. The molecule has 0 spiro atoms. The molecule has 2 rings (SSSR count). The van der Waals surface area contributed by atoms with E-state index >= 15 is 0 Å². The summed E-state index contributed by atoms with van der Waals surface area (Å²) < 4.78 is 0. The standard InChI is InChI=1S/C11H14ClN3O/c12-11-2-1-9(5-14-11)6-15-4-3-13-10(7-15)8-16/h1-2,5,8,10,13H,3-4,6-7H2. The summed E-state index contributed by atoms with van der Waals surface area (Å²) in [4.78, 5) is 17.0. The van der Waals surface area contributed by atoms with Crippen molar-refractivity contribution in [3.8, 4) is 0 Å². The van der Waals surface area contributed by atoms with Gasteiger partial charge in [0.2, 0.25) is 0 Å². The molecule has 2 heterocycles. The lowest BCUT2D eigenvalue weighted by Gasteiger charge is -2.30. The molecule has 4 nitrogen and oxygen atoms in total. The van der Waals surface area contributed by atoms with Gasteiger partial charge in [-0.15, -0.1) is 0 Å². The van der Waals surface area contributed by atoms with E-state index in [2.05, 4.69) is 15.2 Å². The average molecular weight is 240 g/mol. The molecule has 5 heteroatoms. The molecule has 0 amide bonds. The van der Waals surface area contributed by atoms with E-state index in [4.69, 9.17) is 11.6 Å². The summed E-state index contributed by atoms with van der Waals surface area (Å²) in [5, 5.41) is 3.66. The summed E-state index contributed by atoms with van der Waals surface area (Å²) in [7, 11) is 0. The minimum atomic E-state index is -0.0472. The highest BCUT2D eigenvalue weighted by Gasteiger charge is 2.18. The maximum Gasteiger partial charge on any atom is 0.138 e. The summed E-state index contributed by atoms with van der Waals surface area (Å²) >= 11 is 5.72. The number of pyridine rings is 1. The number of hydrogen-bond donors (Lipinski definition) is 1. The monoisotopic (exact) mass is 239 g/mol. The van der Waals surface area contributed by atoms with Crippen LogP contribution in [0.1, 0.15) is 5.56 Å². The smallest absolute Gasteiger partial charge is 0.138 e. The molecule has 0 radical (unpaired) electrons. The van der Waals surface area contributed by atoms with Crippen molar-refractivity contribution in [1.82, 2.24) is 15.2 Å². The predicted molar refractivity (Wildman–Crippen MR) is 62.4 cm³/mol. The molecule has 1 unspecified atom stereocenters. The maximum atomic E-state index is 10.7. The molecule has 1 aromatic rings. The van der Waals surface area contributed by atoms with Crippen molar-refractivity contribution in [2.45, 2.75) is 12.6 Å². The number of hydrogen-bond acceptors (Lipinski definition) is 4. The number of aldehydes is 1. The largest absolute Gasteiger partial charge is 0.305 e. The van der Waals surface area contributed by atoms with Crippen molar-refractivity contribution in [2.75, 3.05) is 19.6 Å². The third-order valence-corrected chi connectivity index (χ3v) is 2.87. The molecule has 0 saturated carbocycles. The van der Waals surface area contributed by atoms with Gasteiger partial charge in [0.05, 0.1) is 6.04 Å². The van der Waals surface area contributed by atoms with Crippen LogP contribution in [-0.4, -0.2) is 41.8 Å². The first-order valence-corrected chi connectivity index (χ1v) is 5.67. The minimum Gasteiger partial charge on any atom is -0.305 e. The van der Waals surface area contributed by atoms with E-state index in [0.717, 1.165) is 38.0 Å². The van der Waals surface area contributed by atoms with E-state index in [1.165, 1.54) is 0 Å². The van der Waals surface area contributed by atoms with Gasteiger partial charge in [-0.25, -0.2) is 4.98 Å². The summed E-state index contributed by atoms with van der Waals surface area (Å²) in [6.07, 6.45) is 2.74. The third kappa shape index (κ3) is 3.01. The van der Waals surface area contributed by atoms with Crippen LogP contribution in [0.15, 0.2) is 18.3 Å². The van der Waals surface area contributed by atoms with Crippen LogP contribution in [0.4, 0.5) is 0 Å². The van der Waals surface area contributed by atoms with Crippen molar-refractivity contribution < 1.29 is 4.79 Å². The first-order valence-electron chi connectivity index (χ1n) is 5.29. The Labute approximate surface area is 99.6 Å². The quantitative estimate of drug-likeness (QED) is 0.623. The van der Waals surface area contributed by atoms with Crippen LogP contribution < -0.4 is 5.32 Å². The molecule has 1 aliphatic rings. The van der Waals surface area contributed by atoms with E-state index < -0.39 is 0 Å². The van der Waals surface area contributed by atoms with Gasteiger partial charge in [-0.1, -0.05) is 17.7 Å². The second-order valence-corrected chi connectivity index (χ2v) is 4.31. The van der Waals surface area contributed by atoms with Crippen LogP contribution in [0.2, 0.25) is 5.15 Å². The van der Waals surface area contributed by atoms with Crippen molar-refractivity contribution in [1.29, 1.82) is 0 Å². The molecule has 1 aromatic heterocycles. The SMILES string of the molecule is O=CC1CN(Cc2ccc(Cl)nc2)CCN1. The van der Waals surface area contributed by atoms with Gasteiger partial charge in [0.1, 0.15) is 11.4 Å². The van der Waals surface area contributed by atoms with E-state index in [0.29, 0.717) is 5.15 Å². The average Bonchev–Trinajstić information content (AvgIpc) is 2.32. The Bertz CT molecular complexity index is 355. The van der Waals surface area contributed by atoms with Crippen LogP contribution in [0.25, 0.3) is 0 Å². The molecule has 1 atom stereocenters. The lowest BCUT2D eigenvalue weighted by molar-refractivity contribution is -0.110. The molecule has 16 heavy (non-hydrogen) atoms. The van der Waals surface area contributed by atoms with Gasteiger partial charge >= 0.3 is 0 Å². The third-order valence-electron chi connectivity index (χ3n) is 2.65. The van der Waals surface area contributed by atoms with Crippen LogP contribution >= 0.6 is 11.6 Å². The zero-order valence-electron chi connectivity index (χ0n) is 8.90. The highest BCUT2D eigenvalue weighted by Crippen LogP contribution is 2.09. The lowest BCUT2D eigenvalue weighted by Crippen LogP contribution is -2.50. The van der Waals surface area contributed by atoms with Crippen LogP contribution in [0.3, 0.4) is 0 Å². The van der Waals surface area contributed by atoms with Crippen molar-refractivity contribution in [3.05, 3.63) is 29.0 Å². The fourth-order valence-corrected chi connectivity index (χ4v) is 1.95. The summed E-state index contributed by atoms with van der Waals surface area (Å²) in [6, 6.07) is 3.71. The van der Waals surface area contributed by atoms with E-state index in [1.807, 2.05) is 6.07 Å². The molecular formula is C11H14ClN3O. The lowest BCUT2D eigenvalue weighted by atomic mass is 10.2. The number of nitrogens with one attached hydrogen (secondary N) is 1. The molecule has 0 aliphatic carbocycles. The summed E-state index contributed by atoms with van der Waals surface area (Å²) in [6.45, 7) is 3.37. The van der Waals surface area contributed by atoms with Crippen molar-refractivity contribution in [2.24, 2.45) is 0 Å². The fourth-order valence-electron chi connectivity index (χ4n) is 1.83. The number of carbonyl (C=O) groups is 1. The summed E-state index contributed by atoms with van der Waals surface area (Å²) in [5.41, 5.74) is 1.12. The molecule has 86 valence electrons. The van der Waals surface area contributed by atoms with Crippen LogP contribution in [-0.2, 0) is 11.3 Å². The van der Waals surface area contributed by atoms with Gasteiger partial charge in [-0.05, 0) is 11.6 Å². The highest BCUT2D eigenvalue weighted by atomic mass is 35.5. The molecule has 0 aromatic carbocycles. The Kier molecular flexibility index (Phi) is 3.88. The Balaban J connectivity index is 1.93. The molecule has 0 bridgehead atoms. The number of carbonyl (C=O) groups excluding carboxylic acids is 1. The van der Waals surface area contributed by atoms with E-state index in [-0.39, 0.29) is 6.04 Å². The predicted octanol–water partition coefficient (Wildman–Crippen LogP) is 0.708. The molecule has 1 N–H and O–H groups in total. The Morgan fingerprint density at radius 2 is 2.50 bits per heavy atom. The maximum absolute atomic E-state index is 10.7. The van der Waals surface area contributed by atoms with Gasteiger partial charge in [-0.2, -0.15) is 0 Å². The van der Waals surface area contributed by atoms with Crippen LogP contribution in [0.5, 0.6) is 0 Å². The highest BCUT2D eigenvalue weighted by molar-refractivity contribution is 6.29. The zero-order chi connectivity index (χ0) is 11.4. The number of nitrogens with zero attached hydrogens (tertiary/aromatic N) is 2. The van der Waals surface area contributed by atoms with Gasteiger partial charge in [0.25, 0.3) is 0 Å². The van der Waals surface area contributed by atoms with Crippen molar-refractivity contribution in [3.63, 3.8) is 0 Å². The number of halogens is 1. The topological polar surface area (TPSA) is 45.2 Å². The number of rotatable bonds is 3. The summed E-state index contributed by atoms with van der Waals surface area (Å²) in [5.74, 6) is 0. The number of aromatic nitrogens is 1. The normalized spacial score (nSPS) is 21.9. The molecular weight excluding hydrogens is 226 g/mol. The van der Waals surface area contributed by atoms with E-state index in [9.17, 15) is 4.79 Å². The Hall–Kier alpha value is -0.970. The molecule has 1 saturated heterocycles. The molecule has 1 fully saturated rings. The molecule has 1 aliphatic heterocycles. The first kappa shape index (κ1) is 11.5. The van der Waals surface area contributed by atoms with Gasteiger partial charge in [0, 0.05) is 32.4 Å². The number of piperazine rings is 1. The van der Waals surface area contributed by atoms with Crippen LogP contribution in [0, 0.1) is 0 Å². The minimum absolute atomic E-state index is 0.0472. The van der Waals surface area contributed by atoms with Crippen molar-refractivity contribution >= 4 is 17.9 Å². The second kappa shape index (κ2) is 5.39. The fraction of sp³-hybridized carbons (Fsp3) is 0.455. The zero-order valence-corrected chi connectivity index (χ0v) is 9.65. The second-order valence-electron chi connectivity index (χ2n) is 3.92. The van der Waals surface area contributed by atoms with Gasteiger partial charge in [0.15, 0.2) is 0 Å². The Morgan fingerprint density at radius 3 is 3.19 bits per heavy atom. The first-order chi connectivity index (χ1) is 7.78. The van der Waals surface area contributed by atoms with Gasteiger partial charge < -0.3 is 10.1 Å². The van der Waals surface area contributed by atoms with E-state index in [1.54, 1.807) is 12.3 Å².